The molecule has 3 nitrogen and oxygen atoms in total. The third-order valence-electron chi connectivity index (χ3n) is 2.71. The summed E-state index contributed by atoms with van der Waals surface area (Å²) in [4.78, 5) is 12.3. The monoisotopic (exact) mass is 228 g/mol. The van der Waals surface area contributed by atoms with Gasteiger partial charge < -0.3 is 10.3 Å². The molecule has 0 amide bonds. The Bertz CT molecular complexity index is 571. The van der Waals surface area contributed by atoms with Gasteiger partial charge in [-0.1, -0.05) is 30.3 Å². The summed E-state index contributed by atoms with van der Waals surface area (Å²) in [6, 6.07) is 11.4. The molecule has 88 valence electrons. The van der Waals surface area contributed by atoms with E-state index in [0.717, 1.165) is 5.56 Å². The second-order valence-corrected chi connectivity index (χ2v) is 4.36. The molecule has 2 N–H and O–H groups in total. The molecule has 0 saturated heterocycles. The lowest BCUT2D eigenvalue weighted by atomic mass is 10.1. The van der Waals surface area contributed by atoms with Crippen molar-refractivity contribution in [3.63, 3.8) is 0 Å². The van der Waals surface area contributed by atoms with Crippen LogP contribution in [0, 0.1) is 0 Å². The van der Waals surface area contributed by atoms with Crippen molar-refractivity contribution < 1.29 is 0 Å². The van der Waals surface area contributed by atoms with E-state index in [2.05, 4.69) is 0 Å². The highest BCUT2D eigenvalue weighted by atomic mass is 16.1. The van der Waals surface area contributed by atoms with Crippen LogP contribution in [0.5, 0.6) is 0 Å². The Morgan fingerprint density at radius 1 is 1.18 bits per heavy atom. The second-order valence-electron chi connectivity index (χ2n) is 4.36. The van der Waals surface area contributed by atoms with Crippen LogP contribution >= 0.6 is 0 Å². The highest BCUT2D eigenvalue weighted by molar-refractivity contribution is 5.65. The maximum absolute atomic E-state index is 12.3. The Hall–Kier alpha value is -2.03. The minimum Gasteiger partial charge on any atom is -0.398 e. The van der Waals surface area contributed by atoms with Crippen molar-refractivity contribution in [2.45, 2.75) is 19.9 Å². The van der Waals surface area contributed by atoms with Crippen LogP contribution in [0.2, 0.25) is 0 Å². The predicted molar refractivity (Wildman–Crippen MR) is 70.9 cm³/mol. The van der Waals surface area contributed by atoms with Crippen LogP contribution in [0.3, 0.4) is 0 Å². The van der Waals surface area contributed by atoms with Crippen LogP contribution in [0.25, 0.3) is 11.1 Å². The van der Waals surface area contributed by atoms with Gasteiger partial charge in [-0.25, -0.2) is 0 Å². The smallest absolute Gasteiger partial charge is 0.258 e. The normalized spacial score (nSPS) is 10.8. The zero-order valence-electron chi connectivity index (χ0n) is 10.1. The number of nitrogen functional groups attached to an aromatic ring is 1. The molecule has 0 spiro atoms. The summed E-state index contributed by atoms with van der Waals surface area (Å²) in [5.74, 6) is 0. The van der Waals surface area contributed by atoms with Gasteiger partial charge in [-0.05, 0) is 25.5 Å². The summed E-state index contributed by atoms with van der Waals surface area (Å²) in [5.41, 5.74) is 8.01. The molecule has 0 fully saturated rings. The van der Waals surface area contributed by atoms with E-state index in [4.69, 9.17) is 5.73 Å². The molecule has 0 bridgehead atoms. The first-order valence-corrected chi connectivity index (χ1v) is 5.66. The Balaban J connectivity index is 2.67. The van der Waals surface area contributed by atoms with Gasteiger partial charge >= 0.3 is 0 Å². The minimum absolute atomic E-state index is 0.000370. The summed E-state index contributed by atoms with van der Waals surface area (Å²) in [6.07, 6.45) is 1.69. The van der Waals surface area contributed by atoms with Crippen molar-refractivity contribution in [1.29, 1.82) is 0 Å². The maximum atomic E-state index is 12.3. The topological polar surface area (TPSA) is 48.0 Å². The molecule has 2 aromatic rings. The first-order chi connectivity index (χ1) is 8.09. The van der Waals surface area contributed by atoms with Crippen molar-refractivity contribution in [1.82, 2.24) is 4.57 Å². The van der Waals surface area contributed by atoms with Crippen LogP contribution < -0.4 is 11.3 Å². The molecule has 1 heterocycles. The molecule has 3 heteroatoms. The van der Waals surface area contributed by atoms with E-state index in [-0.39, 0.29) is 11.6 Å². The van der Waals surface area contributed by atoms with Gasteiger partial charge in [0.25, 0.3) is 5.56 Å². The minimum atomic E-state index is 0.000370. The molecular weight excluding hydrogens is 212 g/mol. The lowest BCUT2D eigenvalue weighted by Crippen LogP contribution is -2.23. The highest BCUT2D eigenvalue weighted by Gasteiger charge is 2.09. The number of nitrogens with two attached hydrogens (primary N) is 1. The van der Waals surface area contributed by atoms with Crippen molar-refractivity contribution in [2.75, 3.05) is 5.73 Å². The summed E-state index contributed by atoms with van der Waals surface area (Å²) in [7, 11) is 0. The Labute approximate surface area is 101 Å². The Morgan fingerprint density at radius 2 is 1.82 bits per heavy atom. The lowest BCUT2D eigenvalue weighted by Gasteiger charge is -2.13. The molecular formula is C14H16N2O. The van der Waals surface area contributed by atoms with Gasteiger partial charge in [0.1, 0.15) is 0 Å². The van der Waals surface area contributed by atoms with Crippen molar-refractivity contribution in [2.24, 2.45) is 0 Å². The number of anilines is 1. The number of hydrogen-bond acceptors (Lipinski definition) is 2. The van der Waals surface area contributed by atoms with Crippen molar-refractivity contribution in [3.05, 3.63) is 52.9 Å². The van der Waals surface area contributed by atoms with E-state index in [1.54, 1.807) is 16.8 Å². The number of hydrogen-bond donors (Lipinski definition) is 1. The summed E-state index contributed by atoms with van der Waals surface area (Å²) >= 11 is 0. The third kappa shape index (κ3) is 2.23. The van der Waals surface area contributed by atoms with E-state index >= 15 is 0 Å². The maximum Gasteiger partial charge on any atom is 0.258 e. The number of rotatable bonds is 2. The first kappa shape index (κ1) is 11.5. The highest BCUT2D eigenvalue weighted by Crippen LogP contribution is 2.18. The Morgan fingerprint density at radius 3 is 2.41 bits per heavy atom. The molecule has 1 aromatic carbocycles. The quantitative estimate of drug-likeness (QED) is 0.859. The fourth-order valence-electron chi connectivity index (χ4n) is 1.83. The predicted octanol–water partition coefficient (Wildman–Crippen LogP) is 2.68. The van der Waals surface area contributed by atoms with Crippen LogP contribution in [0.15, 0.2) is 47.4 Å². The van der Waals surface area contributed by atoms with E-state index in [1.165, 1.54) is 0 Å². The zero-order chi connectivity index (χ0) is 12.4. The molecule has 2 rings (SSSR count). The van der Waals surface area contributed by atoms with E-state index in [9.17, 15) is 4.79 Å². The van der Waals surface area contributed by atoms with E-state index < -0.39 is 0 Å². The summed E-state index contributed by atoms with van der Waals surface area (Å²) in [6.45, 7) is 3.94. The SMILES string of the molecule is CC(C)n1cc(N)cc(-c2ccccc2)c1=O. The van der Waals surface area contributed by atoms with E-state index in [1.807, 2.05) is 44.2 Å². The summed E-state index contributed by atoms with van der Waals surface area (Å²) in [5, 5.41) is 0. The van der Waals surface area contributed by atoms with Gasteiger partial charge in [-0.15, -0.1) is 0 Å². The van der Waals surface area contributed by atoms with Gasteiger partial charge in [-0.3, -0.25) is 4.79 Å². The van der Waals surface area contributed by atoms with Crippen molar-refractivity contribution >= 4 is 5.69 Å². The number of aromatic nitrogens is 1. The lowest BCUT2D eigenvalue weighted by molar-refractivity contribution is 0.580. The summed E-state index contributed by atoms with van der Waals surface area (Å²) < 4.78 is 1.66. The fraction of sp³-hybridized carbons (Fsp3) is 0.214. The van der Waals surface area contributed by atoms with Gasteiger partial charge in [0, 0.05) is 23.5 Å². The van der Waals surface area contributed by atoms with Gasteiger partial charge in [0.05, 0.1) is 0 Å². The molecule has 0 aliphatic rings. The Kier molecular flexibility index (Phi) is 3.00. The molecule has 0 unspecified atom stereocenters. The molecule has 0 atom stereocenters. The average Bonchev–Trinajstić information content (AvgIpc) is 2.32. The molecule has 0 radical (unpaired) electrons. The molecule has 0 saturated carbocycles. The van der Waals surface area contributed by atoms with Crippen LogP contribution in [-0.4, -0.2) is 4.57 Å². The zero-order valence-corrected chi connectivity index (χ0v) is 10.1. The van der Waals surface area contributed by atoms with Crippen LogP contribution in [-0.2, 0) is 0 Å². The number of pyridine rings is 1. The largest absolute Gasteiger partial charge is 0.398 e. The average molecular weight is 228 g/mol. The van der Waals surface area contributed by atoms with Gasteiger partial charge in [0.2, 0.25) is 0 Å². The third-order valence-corrected chi connectivity index (χ3v) is 2.71. The van der Waals surface area contributed by atoms with Gasteiger partial charge in [-0.2, -0.15) is 0 Å². The number of nitrogens with zero attached hydrogens (tertiary/aromatic N) is 1. The molecule has 0 aliphatic carbocycles. The van der Waals surface area contributed by atoms with Crippen LogP contribution in [0.4, 0.5) is 5.69 Å². The van der Waals surface area contributed by atoms with E-state index in [0.29, 0.717) is 11.3 Å². The molecule has 1 aromatic heterocycles. The van der Waals surface area contributed by atoms with Crippen molar-refractivity contribution in [3.8, 4) is 11.1 Å². The first-order valence-electron chi connectivity index (χ1n) is 5.66. The van der Waals surface area contributed by atoms with Crippen LogP contribution in [0.1, 0.15) is 19.9 Å². The fourth-order valence-corrected chi connectivity index (χ4v) is 1.83. The van der Waals surface area contributed by atoms with Gasteiger partial charge in [0.15, 0.2) is 0 Å². The molecule has 17 heavy (non-hydrogen) atoms. The molecule has 0 aliphatic heterocycles. The standard InChI is InChI=1S/C14H16N2O/c1-10(2)16-9-12(15)8-13(14(16)17)11-6-4-3-5-7-11/h3-10H,15H2,1-2H3. The second kappa shape index (κ2) is 4.45. The number of benzene rings is 1.